The summed E-state index contributed by atoms with van der Waals surface area (Å²) < 4.78 is 105. The normalized spacial score (nSPS) is 22.9. The van der Waals surface area contributed by atoms with Gasteiger partial charge in [-0.1, -0.05) is 0 Å². The van der Waals surface area contributed by atoms with Gasteiger partial charge in [0.15, 0.2) is 24.0 Å². The number of aromatic nitrogens is 2. The molecule has 3 aromatic rings. The minimum Gasteiger partial charge on any atom is -0.497 e. The van der Waals surface area contributed by atoms with Crippen LogP contribution < -0.4 is 29.6 Å². The van der Waals surface area contributed by atoms with Crippen molar-refractivity contribution in [3.8, 4) is 23.0 Å². The number of ether oxygens (including phenoxy) is 3. The molecule has 1 fully saturated rings. The lowest BCUT2D eigenvalue weighted by atomic mass is 9.95. The maximum absolute atomic E-state index is 15.4. The Balaban J connectivity index is 1.64. The van der Waals surface area contributed by atoms with E-state index in [-0.39, 0.29) is 29.0 Å². The van der Waals surface area contributed by atoms with E-state index in [4.69, 9.17) is 33.2 Å². The van der Waals surface area contributed by atoms with Crippen LogP contribution in [-0.4, -0.2) is 59.5 Å². The molecule has 0 radical (unpaired) electrons. The molecule has 0 spiro atoms. The Hall–Kier alpha value is -3.50. The molecule has 1 saturated heterocycles. The molecule has 2 aromatic carbocycles. The summed E-state index contributed by atoms with van der Waals surface area (Å²) in [4.78, 5) is 15.5. The Morgan fingerprint density at radius 3 is 2.12 bits per heavy atom. The van der Waals surface area contributed by atoms with E-state index in [0.717, 1.165) is 12.3 Å². The lowest BCUT2D eigenvalue weighted by Crippen LogP contribution is -2.57. The number of nitrogens with zero attached hydrogens (tertiary/aromatic N) is 2. The molecule has 3 N–H and O–H groups in total. The highest BCUT2D eigenvalue weighted by Crippen LogP contribution is 2.62. The summed E-state index contributed by atoms with van der Waals surface area (Å²) in [5.74, 6) is -4.19. The van der Waals surface area contributed by atoms with Crippen LogP contribution in [0.5, 0.6) is 23.0 Å². The van der Waals surface area contributed by atoms with Gasteiger partial charge in [-0.05, 0) is 54.6 Å². The fourth-order valence-corrected chi connectivity index (χ4v) is 6.04. The van der Waals surface area contributed by atoms with Crippen molar-refractivity contribution >= 4 is 24.3 Å². The second-order valence-electron chi connectivity index (χ2n) is 8.63. The van der Waals surface area contributed by atoms with Gasteiger partial charge in [-0.25, -0.2) is 18.1 Å². The second-order valence-corrected chi connectivity index (χ2v) is 12.1. The first kappa shape index (κ1) is 31.4. The first-order valence-corrected chi connectivity index (χ1v) is 14.7. The number of nitrogen functional groups attached to an aromatic ring is 1. The molecule has 0 aliphatic carbocycles. The summed E-state index contributed by atoms with van der Waals surface area (Å²) in [7, 11) is 2.82. The summed E-state index contributed by atoms with van der Waals surface area (Å²) in [6.07, 6.45) is -8.48. The smallest absolute Gasteiger partial charge is 0.478 e. The van der Waals surface area contributed by atoms with Crippen molar-refractivity contribution < 1.29 is 54.7 Å². The number of benzene rings is 2. The summed E-state index contributed by atoms with van der Waals surface area (Å²) >= 11 is 0.0432. The van der Waals surface area contributed by atoms with E-state index in [0.29, 0.717) is 16.1 Å². The maximum atomic E-state index is 15.4. The summed E-state index contributed by atoms with van der Waals surface area (Å²) in [6.45, 7) is -6.54. The molecule has 4 rings (SSSR count). The molecule has 12 nitrogen and oxygen atoms in total. The van der Waals surface area contributed by atoms with Crippen LogP contribution >= 0.6 is 18.5 Å². The number of aliphatic hydroxyl groups is 1. The third kappa shape index (κ3) is 6.29. The van der Waals surface area contributed by atoms with Gasteiger partial charge < -0.3 is 33.8 Å². The van der Waals surface area contributed by atoms with Gasteiger partial charge in [-0.3, -0.25) is 9.09 Å². The van der Waals surface area contributed by atoms with Crippen molar-refractivity contribution in [3.63, 3.8) is 0 Å². The van der Waals surface area contributed by atoms with Crippen LogP contribution in [0.25, 0.3) is 0 Å². The van der Waals surface area contributed by atoms with Gasteiger partial charge in [0, 0.05) is 6.20 Å². The highest BCUT2D eigenvalue weighted by Gasteiger charge is 2.74. The van der Waals surface area contributed by atoms with E-state index >= 15 is 8.78 Å². The molecule has 1 unspecified atom stereocenters. The van der Waals surface area contributed by atoms with E-state index < -0.39 is 49.4 Å². The Bertz CT molecular complexity index is 1480. The maximum Gasteiger partial charge on any atom is 0.478 e. The second kappa shape index (κ2) is 12.4. The molecule has 42 heavy (non-hydrogen) atoms. The number of alkyl halides is 4. The van der Waals surface area contributed by atoms with Gasteiger partial charge in [-0.2, -0.15) is 13.8 Å². The Morgan fingerprint density at radius 2 is 1.60 bits per heavy atom. The van der Waals surface area contributed by atoms with Crippen LogP contribution in [0.4, 0.5) is 23.4 Å². The van der Waals surface area contributed by atoms with Crippen LogP contribution in [0.1, 0.15) is 6.23 Å². The van der Waals surface area contributed by atoms with Gasteiger partial charge in [0.1, 0.15) is 28.8 Å². The average Bonchev–Trinajstić information content (AvgIpc) is 3.17. The highest BCUT2D eigenvalue weighted by molar-refractivity contribution is 8.52. The molecule has 1 aliphatic rings. The van der Waals surface area contributed by atoms with E-state index in [1.807, 2.05) is 0 Å². The number of rotatable bonds is 12. The summed E-state index contributed by atoms with van der Waals surface area (Å²) in [5, 5.41) is 10.3. The third-order valence-corrected chi connectivity index (χ3v) is 8.65. The molecule has 0 amide bonds. The molecule has 1 aromatic heterocycles. The highest BCUT2D eigenvalue weighted by atomic mass is 32.7. The van der Waals surface area contributed by atoms with Crippen molar-refractivity contribution in [3.05, 3.63) is 71.3 Å². The topological polar surface area (TPSA) is 154 Å². The first-order valence-electron chi connectivity index (χ1n) is 11.8. The number of halogens is 4. The molecule has 0 bridgehead atoms. The zero-order valence-electron chi connectivity index (χ0n) is 21.8. The molecule has 1 aliphatic heterocycles. The average molecular weight is 638 g/mol. The Morgan fingerprint density at radius 1 is 1.05 bits per heavy atom. The van der Waals surface area contributed by atoms with Gasteiger partial charge in [0.05, 0.1) is 20.8 Å². The minimum atomic E-state index is -4.77. The predicted octanol–water partition coefficient (Wildman–Crippen LogP) is 4.30. The molecule has 0 saturated carbocycles. The quantitative estimate of drug-likeness (QED) is 0.165. The summed E-state index contributed by atoms with van der Waals surface area (Å²) in [5.41, 5.74) is 0.244. The molecule has 4 atom stereocenters. The first-order chi connectivity index (χ1) is 19.8. The number of hydrogen-bond acceptors (Lipinski definition) is 12. The molecule has 18 heteroatoms. The van der Waals surface area contributed by atoms with Crippen molar-refractivity contribution in [1.29, 1.82) is 0 Å². The van der Waals surface area contributed by atoms with E-state index in [1.54, 1.807) is 0 Å². The van der Waals surface area contributed by atoms with Crippen molar-refractivity contribution in [2.24, 2.45) is 0 Å². The van der Waals surface area contributed by atoms with Crippen molar-refractivity contribution in [2.75, 3.05) is 26.6 Å². The lowest BCUT2D eigenvalue weighted by Gasteiger charge is -2.33. The molecule has 2 heterocycles. The molecule has 228 valence electrons. The van der Waals surface area contributed by atoms with Crippen LogP contribution in [0, 0.1) is 0 Å². The van der Waals surface area contributed by atoms with Gasteiger partial charge in [0.25, 0.3) is 6.43 Å². The number of methoxy groups -OCH3 is 2. The molecular weight excluding hydrogens is 613 g/mol. The van der Waals surface area contributed by atoms with E-state index in [9.17, 15) is 23.2 Å². The van der Waals surface area contributed by atoms with E-state index in [2.05, 4.69) is 4.98 Å². The standard InChI is InChI=1S/C24H24F4N3O9PS/c1-35-14-3-7-16(8-4-14)39-41(34,42-40-17-9-5-15(36-2)6-10-17)37-13-23(21(25)26)24(27,28)19(32)20(38-23)31-12-11-18(29)30-22(31)33/h3-12,19-21,32H,13H2,1-2H3,(H2,29,30,33)/t19-,20+,23-,41?/m0/s1. The minimum absolute atomic E-state index is 0.0432. The summed E-state index contributed by atoms with van der Waals surface area (Å²) in [6, 6.07) is 12.3. The largest absolute Gasteiger partial charge is 0.497 e. The van der Waals surface area contributed by atoms with Crippen LogP contribution in [0.15, 0.2) is 65.6 Å². The zero-order chi connectivity index (χ0) is 30.7. The fraction of sp³-hybridized carbons (Fsp3) is 0.333. The van der Waals surface area contributed by atoms with Crippen molar-refractivity contribution in [2.45, 2.75) is 30.3 Å². The number of anilines is 1. The van der Waals surface area contributed by atoms with Gasteiger partial charge in [-0.15, -0.1) is 0 Å². The SMILES string of the molecule is COc1ccc(OSP(=O)(OC[C@@]2(C(F)F)O[C@@H](n3ccc(N)nc3=O)[C@H](O)C2(F)F)Oc2ccc(OC)cc2)cc1. The number of aliphatic hydroxyl groups excluding tert-OH is 1. The van der Waals surface area contributed by atoms with Crippen LogP contribution in [0.2, 0.25) is 0 Å². The number of hydrogen-bond donors (Lipinski definition) is 2. The fourth-order valence-electron chi connectivity index (χ4n) is 3.73. The van der Waals surface area contributed by atoms with Gasteiger partial charge in [0.2, 0.25) is 5.60 Å². The van der Waals surface area contributed by atoms with Crippen LogP contribution in [0.3, 0.4) is 0 Å². The van der Waals surface area contributed by atoms with Crippen LogP contribution in [-0.2, 0) is 13.8 Å². The third-order valence-electron chi connectivity index (χ3n) is 6.01. The Labute approximate surface area is 239 Å². The molecular formula is C24H24F4N3O9PS. The monoisotopic (exact) mass is 637 g/mol. The van der Waals surface area contributed by atoms with Gasteiger partial charge >= 0.3 is 18.4 Å². The number of nitrogens with two attached hydrogens (primary N) is 1. The predicted molar refractivity (Wildman–Crippen MR) is 141 cm³/mol. The lowest BCUT2D eigenvalue weighted by molar-refractivity contribution is -0.241. The zero-order valence-corrected chi connectivity index (χ0v) is 23.5. The Kier molecular flexibility index (Phi) is 9.27. The van der Waals surface area contributed by atoms with E-state index in [1.165, 1.54) is 62.8 Å². The van der Waals surface area contributed by atoms with Crippen molar-refractivity contribution in [1.82, 2.24) is 9.55 Å².